The zero-order chi connectivity index (χ0) is 10.8. The number of nitrogens with two attached hydrogens (primary N) is 1. The fourth-order valence-corrected chi connectivity index (χ4v) is 1.49. The fraction of sp³-hybridized carbons (Fsp3) is 0.182. The Morgan fingerprint density at radius 2 is 2.27 bits per heavy atom. The maximum atomic E-state index is 13.7. The molecule has 0 aliphatic heterocycles. The highest BCUT2D eigenvalue weighted by Crippen LogP contribution is 2.21. The molecule has 0 fully saturated rings. The molecule has 1 heterocycles. The molecule has 78 valence electrons. The molecule has 4 heteroatoms. The molecule has 0 saturated carbocycles. The summed E-state index contributed by atoms with van der Waals surface area (Å²) in [5.74, 6) is 0.336. The predicted octanol–water partition coefficient (Wildman–Crippen LogP) is 1.68. The van der Waals surface area contributed by atoms with Gasteiger partial charge in [0.25, 0.3) is 0 Å². The first kappa shape index (κ1) is 9.86. The SMILES string of the molecule is Cn1ccnc1-c1ccc(CN)cc1F. The van der Waals surface area contributed by atoms with E-state index in [0.717, 1.165) is 5.56 Å². The summed E-state index contributed by atoms with van der Waals surface area (Å²) in [5, 5.41) is 0. The summed E-state index contributed by atoms with van der Waals surface area (Å²) in [4.78, 5) is 4.09. The van der Waals surface area contributed by atoms with Gasteiger partial charge in [0.05, 0.1) is 5.56 Å². The van der Waals surface area contributed by atoms with Gasteiger partial charge in [-0.25, -0.2) is 9.37 Å². The van der Waals surface area contributed by atoms with Gasteiger partial charge in [-0.15, -0.1) is 0 Å². The molecule has 0 unspecified atom stereocenters. The molecule has 3 nitrogen and oxygen atoms in total. The van der Waals surface area contributed by atoms with Crippen LogP contribution in [0.2, 0.25) is 0 Å². The second kappa shape index (κ2) is 3.82. The summed E-state index contributed by atoms with van der Waals surface area (Å²) in [7, 11) is 1.83. The summed E-state index contributed by atoms with van der Waals surface area (Å²) in [6, 6.07) is 4.97. The third-order valence-corrected chi connectivity index (χ3v) is 2.33. The maximum absolute atomic E-state index is 13.7. The molecule has 0 aliphatic carbocycles. The number of nitrogens with zero attached hydrogens (tertiary/aromatic N) is 2. The molecule has 2 rings (SSSR count). The molecular formula is C11H12FN3. The van der Waals surface area contributed by atoms with Crippen LogP contribution in [0.1, 0.15) is 5.56 Å². The van der Waals surface area contributed by atoms with Gasteiger partial charge in [0.2, 0.25) is 0 Å². The first-order valence-corrected chi connectivity index (χ1v) is 4.68. The van der Waals surface area contributed by atoms with Crippen molar-refractivity contribution < 1.29 is 4.39 Å². The smallest absolute Gasteiger partial charge is 0.142 e. The van der Waals surface area contributed by atoms with Crippen molar-refractivity contribution in [3.63, 3.8) is 0 Å². The van der Waals surface area contributed by atoms with Gasteiger partial charge in [-0.2, -0.15) is 0 Å². The van der Waals surface area contributed by atoms with Gasteiger partial charge in [0, 0.05) is 26.0 Å². The molecule has 2 aromatic rings. The van der Waals surface area contributed by atoms with E-state index in [1.165, 1.54) is 6.07 Å². The number of benzene rings is 1. The molecular weight excluding hydrogens is 193 g/mol. The first-order valence-electron chi connectivity index (χ1n) is 4.68. The molecule has 15 heavy (non-hydrogen) atoms. The number of imidazole rings is 1. The highest BCUT2D eigenvalue weighted by atomic mass is 19.1. The minimum absolute atomic E-state index is 0.285. The summed E-state index contributed by atoms with van der Waals surface area (Å²) in [6.07, 6.45) is 3.43. The Balaban J connectivity index is 2.50. The van der Waals surface area contributed by atoms with Crippen molar-refractivity contribution in [1.82, 2.24) is 9.55 Å². The normalized spacial score (nSPS) is 10.6. The summed E-state index contributed by atoms with van der Waals surface area (Å²) in [6.45, 7) is 0.345. The largest absolute Gasteiger partial charge is 0.334 e. The third-order valence-electron chi connectivity index (χ3n) is 2.33. The van der Waals surface area contributed by atoms with Crippen molar-refractivity contribution >= 4 is 0 Å². The van der Waals surface area contributed by atoms with Crippen molar-refractivity contribution in [2.24, 2.45) is 12.8 Å². The van der Waals surface area contributed by atoms with Gasteiger partial charge >= 0.3 is 0 Å². The van der Waals surface area contributed by atoms with Crippen LogP contribution >= 0.6 is 0 Å². The second-order valence-corrected chi connectivity index (χ2v) is 3.38. The lowest BCUT2D eigenvalue weighted by atomic mass is 10.1. The number of aromatic nitrogens is 2. The molecule has 0 saturated heterocycles. The summed E-state index contributed by atoms with van der Waals surface area (Å²) >= 11 is 0. The van der Waals surface area contributed by atoms with E-state index in [4.69, 9.17) is 5.73 Å². The summed E-state index contributed by atoms with van der Waals surface area (Å²) in [5.41, 5.74) is 6.71. The van der Waals surface area contributed by atoms with E-state index in [1.807, 2.05) is 13.1 Å². The van der Waals surface area contributed by atoms with Gasteiger partial charge in [-0.05, 0) is 17.7 Å². The van der Waals surface area contributed by atoms with Crippen molar-refractivity contribution in [3.05, 3.63) is 42.0 Å². The van der Waals surface area contributed by atoms with Crippen molar-refractivity contribution in [2.75, 3.05) is 0 Å². The van der Waals surface area contributed by atoms with Gasteiger partial charge in [-0.1, -0.05) is 6.07 Å². The van der Waals surface area contributed by atoms with E-state index in [1.54, 1.807) is 23.0 Å². The predicted molar refractivity (Wildman–Crippen MR) is 56.5 cm³/mol. The molecule has 0 bridgehead atoms. The molecule has 0 atom stereocenters. The third kappa shape index (κ3) is 1.76. The van der Waals surface area contributed by atoms with Crippen LogP contribution in [-0.4, -0.2) is 9.55 Å². The zero-order valence-corrected chi connectivity index (χ0v) is 8.44. The number of rotatable bonds is 2. The standard InChI is InChI=1S/C11H12FN3/c1-15-5-4-14-11(15)9-3-2-8(7-13)6-10(9)12/h2-6H,7,13H2,1H3. The van der Waals surface area contributed by atoms with Crippen LogP contribution in [0.5, 0.6) is 0 Å². The van der Waals surface area contributed by atoms with Crippen LogP contribution < -0.4 is 5.73 Å². The van der Waals surface area contributed by atoms with Crippen LogP contribution in [0, 0.1) is 5.82 Å². The topological polar surface area (TPSA) is 43.8 Å². The average molecular weight is 205 g/mol. The van der Waals surface area contributed by atoms with Crippen LogP contribution in [-0.2, 0) is 13.6 Å². The Morgan fingerprint density at radius 1 is 1.47 bits per heavy atom. The number of hydrogen-bond donors (Lipinski definition) is 1. The molecule has 0 aliphatic rings. The second-order valence-electron chi connectivity index (χ2n) is 3.38. The van der Waals surface area contributed by atoms with Crippen LogP contribution in [0.25, 0.3) is 11.4 Å². The quantitative estimate of drug-likeness (QED) is 0.810. The Labute approximate surface area is 87.4 Å². The van der Waals surface area contributed by atoms with E-state index < -0.39 is 0 Å². The van der Waals surface area contributed by atoms with Crippen molar-refractivity contribution in [3.8, 4) is 11.4 Å². The van der Waals surface area contributed by atoms with Gasteiger partial charge in [0.1, 0.15) is 11.6 Å². The molecule has 0 spiro atoms. The number of halogens is 1. The Morgan fingerprint density at radius 3 is 2.80 bits per heavy atom. The number of aryl methyl sites for hydroxylation is 1. The van der Waals surface area contributed by atoms with Crippen LogP contribution in [0.3, 0.4) is 0 Å². The van der Waals surface area contributed by atoms with Crippen molar-refractivity contribution in [2.45, 2.75) is 6.54 Å². The summed E-state index contributed by atoms with van der Waals surface area (Å²) < 4.78 is 15.4. The lowest BCUT2D eigenvalue weighted by molar-refractivity contribution is 0.626. The first-order chi connectivity index (χ1) is 7.22. The van der Waals surface area contributed by atoms with Gasteiger partial charge in [0.15, 0.2) is 0 Å². The monoisotopic (exact) mass is 205 g/mol. The molecule has 2 N–H and O–H groups in total. The van der Waals surface area contributed by atoms with E-state index in [9.17, 15) is 4.39 Å². The highest BCUT2D eigenvalue weighted by Gasteiger charge is 2.09. The Kier molecular flexibility index (Phi) is 2.51. The van der Waals surface area contributed by atoms with E-state index in [-0.39, 0.29) is 5.82 Å². The van der Waals surface area contributed by atoms with Crippen molar-refractivity contribution in [1.29, 1.82) is 0 Å². The molecule has 1 aromatic heterocycles. The lowest BCUT2D eigenvalue weighted by Gasteiger charge is -2.04. The van der Waals surface area contributed by atoms with E-state index in [0.29, 0.717) is 17.9 Å². The van der Waals surface area contributed by atoms with Gasteiger partial charge in [-0.3, -0.25) is 0 Å². The molecule has 1 aromatic carbocycles. The molecule has 0 amide bonds. The van der Waals surface area contributed by atoms with Crippen LogP contribution in [0.4, 0.5) is 4.39 Å². The van der Waals surface area contributed by atoms with E-state index >= 15 is 0 Å². The minimum Gasteiger partial charge on any atom is -0.334 e. The number of hydrogen-bond acceptors (Lipinski definition) is 2. The van der Waals surface area contributed by atoms with Crippen LogP contribution in [0.15, 0.2) is 30.6 Å². The average Bonchev–Trinajstić information content (AvgIpc) is 2.64. The van der Waals surface area contributed by atoms with Gasteiger partial charge < -0.3 is 10.3 Å². The molecule has 0 radical (unpaired) electrons. The van der Waals surface area contributed by atoms with E-state index in [2.05, 4.69) is 4.98 Å². The maximum Gasteiger partial charge on any atom is 0.142 e. The zero-order valence-electron chi connectivity index (χ0n) is 8.44. The Hall–Kier alpha value is -1.68. The lowest BCUT2D eigenvalue weighted by Crippen LogP contribution is -1.99. The highest BCUT2D eigenvalue weighted by molar-refractivity contribution is 5.57. The fourth-order valence-electron chi connectivity index (χ4n) is 1.49. The Bertz CT molecular complexity index is 476. The minimum atomic E-state index is -0.285.